The molecule has 1 amide bonds. The van der Waals surface area contributed by atoms with Crippen molar-refractivity contribution in [1.29, 1.82) is 0 Å². The summed E-state index contributed by atoms with van der Waals surface area (Å²) in [6, 6.07) is 2.81. The number of nitrogens with zero attached hydrogens (tertiary/aromatic N) is 3. The molecule has 2 rings (SSSR count). The summed E-state index contributed by atoms with van der Waals surface area (Å²) in [5, 5.41) is 18.9. The highest BCUT2D eigenvalue weighted by molar-refractivity contribution is 7.99. The van der Waals surface area contributed by atoms with Gasteiger partial charge in [-0.25, -0.2) is 9.78 Å². The molecule has 0 aromatic carbocycles. The summed E-state index contributed by atoms with van der Waals surface area (Å²) in [5.74, 6) is -0.984. The summed E-state index contributed by atoms with van der Waals surface area (Å²) >= 11 is 1.11. The van der Waals surface area contributed by atoms with Gasteiger partial charge in [0.05, 0.1) is 16.3 Å². The third kappa shape index (κ3) is 3.79. The number of aryl methyl sites for hydroxylation is 1. The van der Waals surface area contributed by atoms with Crippen molar-refractivity contribution in [3.8, 4) is 0 Å². The molecule has 0 fully saturated rings. The molecule has 0 aliphatic carbocycles. The highest BCUT2D eigenvalue weighted by Crippen LogP contribution is 2.16. The number of anilines is 1. The Morgan fingerprint density at radius 2 is 2.25 bits per heavy atom. The van der Waals surface area contributed by atoms with Crippen LogP contribution >= 0.6 is 11.8 Å². The van der Waals surface area contributed by atoms with Crippen LogP contribution in [0.4, 0.5) is 6.01 Å². The van der Waals surface area contributed by atoms with Crippen LogP contribution in [0.25, 0.3) is 0 Å². The molecule has 2 aromatic rings. The number of carbonyl (C=O) groups is 2. The molecule has 2 heterocycles. The predicted octanol–water partition coefficient (Wildman–Crippen LogP) is 1.20. The molecule has 2 N–H and O–H groups in total. The fraction of sp³-hybridized carbons (Fsp3) is 0.182. The maximum absolute atomic E-state index is 11.6. The molecule has 0 aliphatic heterocycles. The van der Waals surface area contributed by atoms with Crippen molar-refractivity contribution in [1.82, 2.24) is 15.2 Å². The van der Waals surface area contributed by atoms with E-state index in [0.29, 0.717) is 10.9 Å². The standard InChI is InChI=1S/C11H10N4O4S/c1-6-14-15-11(19-6)13-8(16)5-20-9-4-7(10(17)18)2-3-12-9/h2-4H,5H2,1H3,(H,17,18)(H,13,15,16). The van der Waals surface area contributed by atoms with Crippen molar-refractivity contribution in [2.45, 2.75) is 11.9 Å². The number of amides is 1. The smallest absolute Gasteiger partial charge is 0.335 e. The van der Waals surface area contributed by atoms with Crippen LogP contribution in [0.15, 0.2) is 27.8 Å². The number of carboxylic acid groups (broad SMARTS) is 1. The van der Waals surface area contributed by atoms with Gasteiger partial charge in [0.25, 0.3) is 0 Å². The van der Waals surface area contributed by atoms with Gasteiger partial charge in [-0.15, -0.1) is 5.10 Å². The number of carboxylic acids is 1. The van der Waals surface area contributed by atoms with E-state index in [9.17, 15) is 9.59 Å². The minimum Gasteiger partial charge on any atom is -0.478 e. The van der Waals surface area contributed by atoms with Crippen molar-refractivity contribution in [2.24, 2.45) is 0 Å². The van der Waals surface area contributed by atoms with Crippen LogP contribution < -0.4 is 5.32 Å². The number of carbonyl (C=O) groups excluding carboxylic acids is 1. The second kappa shape index (κ2) is 6.15. The minimum atomic E-state index is -1.04. The van der Waals surface area contributed by atoms with Crippen LogP contribution in [0.2, 0.25) is 0 Å². The monoisotopic (exact) mass is 294 g/mol. The van der Waals surface area contributed by atoms with E-state index in [1.54, 1.807) is 6.92 Å². The normalized spacial score (nSPS) is 10.2. The van der Waals surface area contributed by atoms with Gasteiger partial charge in [-0.1, -0.05) is 16.9 Å². The zero-order valence-corrected chi connectivity index (χ0v) is 11.2. The summed E-state index contributed by atoms with van der Waals surface area (Å²) in [4.78, 5) is 26.4. The van der Waals surface area contributed by atoms with E-state index in [0.717, 1.165) is 11.8 Å². The van der Waals surface area contributed by atoms with Crippen LogP contribution in [0.1, 0.15) is 16.2 Å². The zero-order chi connectivity index (χ0) is 14.5. The summed E-state index contributed by atoms with van der Waals surface area (Å²) < 4.78 is 5.00. The Balaban J connectivity index is 1.90. The fourth-order valence-corrected chi connectivity index (χ4v) is 1.96. The number of rotatable bonds is 5. The maximum atomic E-state index is 11.6. The van der Waals surface area contributed by atoms with E-state index in [2.05, 4.69) is 20.5 Å². The number of nitrogens with one attached hydrogen (secondary N) is 1. The molecule has 0 bridgehead atoms. The number of aromatic carboxylic acids is 1. The van der Waals surface area contributed by atoms with Crippen LogP contribution in [0.3, 0.4) is 0 Å². The minimum absolute atomic E-state index is 0.0281. The quantitative estimate of drug-likeness (QED) is 0.790. The van der Waals surface area contributed by atoms with Gasteiger partial charge in [-0.3, -0.25) is 10.1 Å². The van der Waals surface area contributed by atoms with Crippen molar-refractivity contribution >= 4 is 29.7 Å². The van der Waals surface area contributed by atoms with E-state index >= 15 is 0 Å². The Hall–Kier alpha value is -2.42. The first-order valence-corrected chi connectivity index (χ1v) is 6.45. The van der Waals surface area contributed by atoms with Crippen LogP contribution in [-0.4, -0.2) is 37.9 Å². The third-order valence-corrected chi connectivity index (χ3v) is 3.03. The highest BCUT2D eigenvalue weighted by atomic mass is 32.2. The largest absolute Gasteiger partial charge is 0.478 e. The molecule has 0 saturated carbocycles. The van der Waals surface area contributed by atoms with Gasteiger partial charge in [0.2, 0.25) is 11.8 Å². The van der Waals surface area contributed by atoms with Crippen molar-refractivity contribution in [3.63, 3.8) is 0 Å². The zero-order valence-electron chi connectivity index (χ0n) is 10.4. The fourth-order valence-electron chi connectivity index (χ4n) is 1.26. The van der Waals surface area contributed by atoms with Gasteiger partial charge in [0.15, 0.2) is 0 Å². The van der Waals surface area contributed by atoms with E-state index in [-0.39, 0.29) is 23.2 Å². The first-order chi connectivity index (χ1) is 9.54. The summed E-state index contributed by atoms with van der Waals surface area (Å²) in [7, 11) is 0. The topological polar surface area (TPSA) is 118 Å². The highest BCUT2D eigenvalue weighted by Gasteiger charge is 2.10. The van der Waals surface area contributed by atoms with E-state index in [1.165, 1.54) is 18.3 Å². The van der Waals surface area contributed by atoms with E-state index in [4.69, 9.17) is 9.52 Å². The molecule has 0 atom stereocenters. The predicted molar refractivity (Wildman–Crippen MR) is 69.6 cm³/mol. The van der Waals surface area contributed by atoms with Crippen molar-refractivity contribution in [3.05, 3.63) is 29.8 Å². The lowest BCUT2D eigenvalue weighted by atomic mass is 10.3. The van der Waals surface area contributed by atoms with Gasteiger partial charge in [-0.2, -0.15) is 0 Å². The third-order valence-electron chi connectivity index (χ3n) is 2.11. The number of pyridine rings is 1. The molecule has 8 nitrogen and oxygen atoms in total. The number of hydrogen-bond donors (Lipinski definition) is 2. The van der Waals surface area contributed by atoms with Gasteiger partial charge in [0.1, 0.15) is 0 Å². The summed E-state index contributed by atoms with van der Waals surface area (Å²) in [5.41, 5.74) is 0.121. The van der Waals surface area contributed by atoms with Gasteiger partial charge in [0, 0.05) is 13.1 Å². The molecular weight excluding hydrogens is 284 g/mol. The molecule has 20 heavy (non-hydrogen) atoms. The lowest BCUT2D eigenvalue weighted by Gasteiger charge is -2.01. The van der Waals surface area contributed by atoms with Crippen LogP contribution in [0, 0.1) is 6.92 Å². The number of hydrogen-bond acceptors (Lipinski definition) is 7. The molecular formula is C11H10N4O4S. The van der Waals surface area contributed by atoms with E-state index < -0.39 is 5.97 Å². The Kier molecular flexibility index (Phi) is 4.31. The SMILES string of the molecule is Cc1nnc(NC(=O)CSc2cc(C(=O)O)ccn2)o1. The molecule has 0 saturated heterocycles. The summed E-state index contributed by atoms with van der Waals surface area (Å²) in [6.45, 7) is 1.61. The molecule has 104 valence electrons. The van der Waals surface area contributed by atoms with Crippen molar-refractivity contribution in [2.75, 3.05) is 11.1 Å². The average molecular weight is 294 g/mol. The molecule has 0 aliphatic rings. The molecule has 0 spiro atoms. The number of aromatic nitrogens is 3. The molecule has 0 unspecified atom stereocenters. The molecule has 9 heteroatoms. The lowest BCUT2D eigenvalue weighted by molar-refractivity contribution is -0.113. The van der Waals surface area contributed by atoms with Gasteiger partial charge < -0.3 is 9.52 Å². The van der Waals surface area contributed by atoms with Crippen LogP contribution in [0.5, 0.6) is 0 Å². The Labute approximate surface area is 117 Å². The van der Waals surface area contributed by atoms with E-state index in [1.807, 2.05) is 0 Å². The number of thioether (sulfide) groups is 1. The first-order valence-electron chi connectivity index (χ1n) is 5.46. The second-order valence-electron chi connectivity index (χ2n) is 3.65. The average Bonchev–Trinajstić information content (AvgIpc) is 2.82. The first kappa shape index (κ1) is 14.0. The van der Waals surface area contributed by atoms with Crippen LogP contribution in [-0.2, 0) is 4.79 Å². The second-order valence-corrected chi connectivity index (χ2v) is 4.65. The Morgan fingerprint density at radius 3 is 2.90 bits per heavy atom. The summed E-state index contributed by atoms with van der Waals surface area (Å²) in [6.07, 6.45) is 1.38. The molecule has 2 aromatic heterocycles. The van der Waals surface area contributed by atoms with Crippen molar-refractivity contribution < 1.29 is 19.1 Å². The Morgan fingerprint density at radius 1 is 1.45 bits per heavy atom. The maximum Gasteiger partial charge on any atom is 0.335 e. The molecule has 0 radical (unpaired) electrons. The van der Waals surface area contributed by atoms with Gasteiger partial charge >= 0.3 is 12.0 Å². The lowest BCUT2D eigenvalue weighted by Crippen LogP contribution is -2.14. The Bertz CT molecular complexity index is 643. The van der Waals surface area contributed by atoms with Gasteiger partial charge in [-0.05, 0) is 12.1 Å².